The quantitative estimate of drug-likeness (QED) is 0.270. The van der Waals surface area contributed by atoms with Crippen molar-refractivity contribution in [2.45, 2.75) is 34.6 Å². The average Bonchev–Trinajstić information content (AvgIpc) is 3.13. The van der Waals surface area contributed by atoms with Gasteiger partial charge in [0.1, 0.15) is 22.8 Å². The molecule has 4 aromatic rings. The van der Waals surface area contributed by atoms with Crippen molar-refractivity contribution >= 4 is 16.9 Å². The first-order chi connectivity index (χ1) is 14.8. The maximum atomic E-state index is 12.9. The Bertz CT molecular complexity index is 1280. The van der Waals surface area contributed by atoms with Gasteiger partial charge in [0, 0.05) is 16.5 Å². The third-order valence-electron chi connectivity index (χ3n) is 5.90. The normalized spacial score (nSPS) is 11.0. The molecule has 3 aromatic carbocycles. The minimum absolute atomic E-state index is 0.398. The number of esters is 1. The first-order valence-corrected chi connectivity index (χ1v) is 10.3. The number of ether oxygens (including phenoxy) is 2. The van der Waals surface area contributed by atoms with E-state index in [9.17, 15) is 4.79 Å². The van der Waals surface area contributed by atoms with Gasteiger partial charge in [-0.25, -0.2) is 4.79 Å². The molecule has 1 heterocycles. The number of fused-ring (bicyclic) bond motifs is 1. The molecule has 4 nitrogen and oxygen atoms in total. The molecule has 0 atom stereocenters. The van der Waals surface area contributed by atoms with E-state index in [1.807, 2.05) is 27.7 Å². The summed E-state index contributed by atoms with van der Waals surface area (Å²) in [7, 11) is 1.59. The summed E-state index contributed by atoms with van der Waals surface area (Å²) >= 11 is 0. The van der Waals surface area contributed by atoms with Gasteiger partial charge < -0.3 is 13.9 Å². The second-order valence-corrected chi connectivity index (χ2v) is 7.93. The van der Waals surface area contributed by atoms with Crippen LogP contribution in [0.3, 0.4) is 0 Å². The van der Waals surface area contributed by atoms with E-state index in [1.54, 1.807) is 31.4 Å². The van der Waals surface area contributed by atoms with Gasteiger partial charge in [0.15, 0.2) is 0 Å². The summed E-state index contributed by atoms with van der Waals surface area (Å²) in [4.78, 5) is 12.9. The third-order valence-corrected chi connectivity index (χ3v) is 5.90. The van der Waals surface area contributed by atoms with Gasteiger partial charge in [-0.3, -0.25) is 0 Å². The van der Waals surface area contributed by atoms with Crippen molar-refractivity contribution in [3.05, 3.63) is 82.1 Å². The highest BCUT2D eigenvalue weighted by Gasteiger charge is 2.23. The Hall–Kier alpha value is -3.53. The summed E-state index contributed by atoms with van der Waals surface area (Å²) in [5, 5.41) is 0.988. The first-order valence-electron chi connectivity index (χ1n) is 10.3. The van der Waals surface area contributed by atoms with Crippen LogP contribution in [0, 0.1) is 34.6 Å². The first kappa shape index (κ1) is 20.7. The summed E-state index contributed by atoms with van der Waals surface area (Å²) in [5.74, 6) is 1.73. The predicted molar refractivity (Wildman–Crippen MR) is 123 cm³/mol. The Balaban J connectivity index is 1.85. The molecule has 0 aliphatic heterocycles. The number of methoxy groups -OCH3 is 1. The lowest BCUT2D eigenvalue weighted by Gasteiger charge is -2.15. The van der Waals surface area contributed by atoms with Crippen molar-refractivity contribution in [1.82, 2.24) is 0 Å². The number of carbonyl (C=O) groups excluding carboxylic acids is 1. The number of hydrogen-bond acceptors (Lipinski definition) is 4. The second-order valence-electron chi connectivity index (χ2n) is 7.93. The molecule has 0 N–H and O–H groups in total. The highest BCUT2D eigenvalue weighted by Crippen LogP contribution is 2.43. The topological polar surface area (TPSA) is 48.7 Å². The summed E-state index contributed by atoms with van der Waals surface area (Å²) in [5.41, 5.74) is 7.40. The van der Waals surface area contributed by atoms with Crippen LogP contribution in [0.4, 0.5) is 0 Å². The molecule has 0 saturated carbocycles. The molecule has 0 bridgehead atoms. The van der Waals surface area contributed by atoms with Crippen molar-refractivity contribution in [3.8, 4) is 22.6 Å². The lowest BCUT2D eigenvalue weighted by molar-refractivity contribution is 0.0732. The van der Waals surface area contributed by atoms with Crippen LogP contribution < -0.4 is 9.47 Å². The van der Waals surface area contributed by atoms with Crippen LogP contribution in [0.5, 0.6) is 11.5 Å². The number of furan rings is 1. The molecular formula is C27H26O4. The van der Waals surface area contributed by atoms with Gasteiger partial charge in [-0.15, -0.1) is 0 Å². The molecule has 0 fully saturated rings. The van der Waals surface area contributed by atoms with E-state index in [0.29, 0.717) is 17.1 Å². The molecule has 0 saturated heterocycles. The Morgan fingerprint density at radius 3 is 2.06 bits per heavy atom. The number of aryl methyl sites for hydroxylation is 4. The second kappa shape index (κ2) is 7.95. The highest BCUT2D eigenvalue weighted by molar-refractivity contribution is 6.02. The van der Waals surface area contributed by atoms with Crippen molar-refractivity contribution in [3.63, 3.8) is 0 Å². The van der Waals surface area contributed by atoms with Gasteiger partial charge in [0.2, 0.25) is 0 Å². The van der Waals surface area contributed by atoms with Gasteiger partial charge in [-0.2, -0.15) is 0 Å². The summed E-state index contributed by atoms with van der Waals surface area (Å²) in [6, 6.07) is 15.3. The van der Waals surface area contributed by atoms with E-state index in [0.717, 1.165) is 44.5 Å². The van der Waals surface area contributed by atoms with Crippen LogP contribution in [0.1, 0.15) is 38.4 Å². The van der Waals surface area contributed by atoms with E-state index >= 15 is 0 Å². The zero-order valence-corrected chi connectivity index (χ0v) is 18.8. The summed E-state index contributed by atoms with van der Waals surface area (Å²) in [6.07, 6.45) is 0. The third kappa shape index (κ3) is 3.59. The van der Waals surface area contributed by atoms with Crippen LogP contribution in [0.2, 0.25) is 0 Å². The molecule has 4 rings (SSSR count). The van der Waals surface area contributed by atoms with Gasteiger partial charge in [-0.05, 0) is 75.6 Å². The molecule has 31 heavy (non-hydrogen) atoms. The van der Waals surface area contributed by atoms with Crippen molar-refractivity contribution in [1.29, 1.82) is 0 Å². The SMILES string of the molecule is COc1ccc(C(=O)Oc2c(C)c(C)c3oc(C)c(-c4ccc(C)cc4)c3c2C)cc1. The molecule has 0 unspecified atom stereocenters. The monoisotopic (exact) mass is 414 g/mol. The van der Waals surface area contributed by atoms with E-state index in [1.165, 1.54) is 5.56 Å². The summed E-state index contributed by atoms with van der Waals surface area (Å²) < 4.78 is 17.3. The van der Waals surface area contributed by atoms with E-state index in [4.69, 9.17) is 13.9 Å². The average molecular weight is 415 g/mol. The number of rotatable bonds is 4. The molecule has 0 aliphatic carbocycles. The molecule has 0 amide bonds. The molecular weight excluding hydrogens is 388 g/mol. The smallest absolute Gasteiger partial charge is 0.343 e. The van der Waals surface area contributed by atoms with Gasteiger partial charge in [-0.1, -0.05) is 29.8 Å². The fraction of sp³-hybridized carbons (Fsp3) is 0.222. The van der Waals surface area contributed by atoms with Gasteiger partial charge >= 0.3 is 5.97 Å². The zero-order chi connectivity index (χ0) is 22.3. The zero-order valence-electron chi connectivity index (χ0n) is 18.8. The molecule has 4 heteroatoms. The highest BCUT2D eigenvalue weighted by atomic mass is 16.5. The lowest BCUT2D eigenvalue weighted by Crippen LogP contribution is -2.11. The minimum atomic E-state index is -0.398. The van der Waals surface area contributed by atoms with E-state index < -0.39 is 5.97 Å². The Kier molecular flexibility index (Phi) is 5.32. The fourth-order valence-corrected chi connectivity index (χ4v) is 4.00. The molecule has 1 aromatic heterocycles. The Morgan fingerprint density at radius 1 is 0.806 bits per heavy atom. The fourth-order valence-electron chi connectivity index (χ4n) is 4.00. The van der Waals surface area contributed by atoms with Crippen LogP contribution in [0.25, 0.3) is 22.1 Å². The van der Waals surface area contributed by atoms with Crippen molar-refractivity contribution in [2.24, 2.45) is 0 Å². The number of carbonyl (C=O) groups is 1. The van der Waals surface area contributed by atoms with Crippen molar-refractivity contribution < 1.29 is 18.7 Å². The maximum absolute atomic E-state index is 12.9. The Labute approximate surface area is 182 Å². The van der Waals surface area contributed by atoms with Crippen LogP contribution in [-0.4, -0.2) is 13.1 Å². The largest absolute Gasteiger partial charge is 0.497 e. The molecule has 0 spiro atoms. The Morgan fingerprint density at radius 2 is 1.45 bits per heavy atom. The van der Waals surface area contributed by atoms with Crippen LogP contribution in [-0.2, 0) is 0 Å². The molecule has 0 aliphatic rings. The van der Waals surface area contributed by atoms with Crippen LogP contribution >= 0.6 is 0 Å². The lowest BCUT2D eigenvalue weighted by atomic mass is 9.94. The van der Waals surface area contributed by atoms with Gasteiger partial charge in [0.25, 0.3) is 0 Å². The van der Waals surface area contributed by atoms with Crippen molar-refractivity contribution in [2.75, 3.05) is 7.11 Å². The number of hydrogen-bond donors (Lipinski definition) is 0. The minimum Gasteiger partial charge on any atom is -0.497 e. The molecule has 158 valence electrons. The summed E-state index contributed by atoms with van der Waals surface area (Å²) in [6.45, 7) is 10.00. The number of benzene rings is 3. The molecule has 0 radical (unpaired) electrons. The van der Waals surface area contributed by atoms with Gasteiger partial charge in [0.05, 0.1) is 12.7 Å². The standard InChI is InChI=1S/C27H26O4/c1-15-7-9-20(10-8-15)24-19(5)30-26-17(3)16(2)25(18(4)23(24)26)31-27(28)21-11-13-22(29-6)14-12-21/h7-14H,1-6H3. The van der Waals surface area contributed by atoms with E-state index in [2.05, 4.69) is 31.2 Å². The predicted octanol–water partition coefficient (Wildman–Crippen LogP) is 6.87. The van der Waals surface area contributed by atoms with E-state index in [-0.39, 0.29) is 0 Å². The maximum Gasteiger partial charge on any atom is 0.343 e. The van der Waals surface area contributed by atoms with Crippen LogP contribution in [0.15, 0.2) is 52.9 Å².